The molecular weight excluding hydrogens is 244 g/mol. The van der Waals surface area contributed by atoms with E-state index in [-0.39, 0.29) is 18.5 Å². The lowest BCUT2D eigenvalue weighted by atomic mass is 10.4. The van der Waals surface area contributed by atoms with Gasteiger partial charge in [0.1, 0.15) is 6.61 Å². The van der Waals surface area contributed by atoms with Gasteiger partial charge in [-0.25, -0.2) is 21.9 Å². The van der Waals surface area contributed by atoms with Crippen molar-refractivity contribution >= 4 is 10.0 Å². The van der Waals surface area contributed by atoms with Crippen molar-refractivity contribution in [2.24, 2.45) is 0 Å². The van der Waals surface area contributed by atoms with Gasteiger partial charge in [-0.3, -0.25) is 0 Å². The van der Waals surface area contributed by atoms with Crippen LogP contribution in [0.25, 0.3) is 0 Å². The fraction of sp³-hybridized carbons (Fsp3) is 1.00. The molecule has 0 aliphatic rings. The van der Waals surface area contributed by atoms with Crippen molar-refractivity contribution in [3.05, 3.63) is 0 Å². The van der Waals surface area contributed by atoms with Gasteiger partial charge in [-0.1, -0.05) is 0 Å². The molecule has 2 N–H and O–H groups in total. The van der Waals surface area contributed by atoms with Crippen LogP contribution in [0.4, 0.5) is 8.78 Å². The predicted molar refractivity (Wildman–Crippen MR) is 54.9 cm³/mol. The van der Waals surface area contributed by atoms with Gasteiger partial charge in [-0.05, 0) is 13.8 Å². The average Bonchev–Trinajstić information content (AvgIpc) is 2.14. The molecule has 5 nitrogen and oxygen atoms in total. The smallest absolute Gasteiger partial charge is 0.283 e. The van der Waals surface area contributed by atoms with Crippen molar-refractivity contribution in [2.45, 2.75) is 25.9 Å². The molecule has 16 heavy (non-hydrogen) atoms. The molecular formula is C8H17F2NO4S. The van der Waals surface area contributed by atoms with E-state index in [1.165, 1.54) is 0 Å². The van der Waals surface area contributed by atoms with E-state index in [4.69, 9.17) is 9.84 Å². The van der Waals surface area contributed by atoms with E-state index in [1.54, 1.807) is 18.6 Å². The van der Waals surface area contributed by atoms with Gasteiger partial charge >= 0.3 is 0 Å². The normalized spacial score (nSPS) is 13.4. The molecule has 0 unspecified atom stereocenters. The molecule has 0 aromatic rings. The first-order valence-corrected chi connectivity index (χ1v) is 6.41. The number of halogens is 2. The van der Waals surface area contributed by atoms with Crippen molar-refractivity contribution in [1.82, 2.24) is 4.72 Å². The minimum atomic E-state index is -3.79. The molecule has 0 saturated heterocycles. The minimum absolute atomic E-state index is 0.0578. The molecule has 0 aliphatic heterocycles. The van der Waals surface area contributed by atoms with E-state index < -0.39 is 29.1 Å². The monoisotopic (exact) mass is 261 g/mol. The van der Waals surface area contributed by atoms with Gasteiger partial charge in [0.15, 0.2) is 0 Å². The zero-order valence-electron chi connectivity index (χ0n) is 9.24. The number of alkyl halides is 2. The molecule has 0 saturated carbocycles. The Morgan fingerprint density at radius 2 is 2.00 bits per heavy atom. The summed E-state index contributed by atoms with van der Waals surface area (Å²) in [7, 11) is -3.79. The molecule has 0 heterocycles. The van der Waals surface area contributed by atoms with Crippen LogP contribution in [0.3, 0.4) is 0 Å². The van der Waals surface area contributed by atoms with Gasteiger partial charge in [-0.2, -0.15) is 0 Å². The zero-order valence-corrected chi connectivity index (χ0v) is 10.1. The number of hydrogen-bond acceptors (Lipinski definition) is 4. The fourth-order valence-corrected chi connectivity index (χ4v) is 1.63. The Kier molecular flexibility index (Phi) is 6.31. The van der Waals surface area contributed by atoms with Crippen LogP contribution in [-0.4, -0.2) is 51.1 Å². The third-order valence-corrected chi connectivity index (χ3v) is 2.87. The lowest BCUT2D eigenvalue weighted by molar-refractivity contribution is -0.0437. The molecule has 0 atom stereocenters. The number of aliphatic hydroxyl groups excluding tert-OH is 1. The van der Waals surface area contributed by atoms with Crippen LogP contribution >= 0.6 is 0 Å². The summed E-state index contributed by atoms with van der Waals surface area (Å²) in [6, 6.07) is 0. The van der Waals surface area contributed by atoms with E-state index in [1.807, 2.05) is 0 Å². The highest BCUT2D eigenvalue weighted by Gasteiger charge is 2.29. The Hall–Kier alpha value is -0.310. The Morgan fingerprint density at radius 1 is 1.44 bits per heavy atom. The van der Waals surface area contributed by atoms with Crippen LogP contribution < -0.4 is 4.72 Å². The summed E-state index contributed by atoms with van der Waals surface area (Å²) in [5, 5.41) is 8.23. The summed E-state index contributed by atoms with van der Waals surface area (Å²) < 4.78 is 54.1. The Bertz CT molecular complexity index is 292. The quantitative estimate of drug-likeness (QED) is 0.643. The van der Waals surface area contributed by atoms with Crippen LogP contribution in [0.15, 0.2) is 0 Å². The van der Waals surface area contributed by atoms with E-state index in [9.17, 15) is 17.2 Å². The zero-order chi connectivity index (χ0) is 12.8. The van der Waals surface area contributed by atoms with Crippen LogP contribution in [0.1, 0.15) is 13.8 Å². The van der Waals surface area contributed by atoms with E-state index in [0.717, 1.165) is 0 Å². The molecule has 0 radical (unpaired) electrons. The lowest BCUT2D eigenvalue weighted by Gasteiger charge is -2.14. The van der Waals surface area contributed by atoms with Gasteiger partial charge in [0, 0.05) is 0 Å². The van der Waals surface area contributed by atoms with E-state index >= 15 is 0 Å². The first kappa shape index (κ1) is 15.7. The Labute approximate surface area is 93.8 Å². The molecule has 8 heteroatoms. The summed E-state index contributed by atoms with van der Waals surface area (Å²) >= 11 is 0. The van der Waals surface area contributed by atoms with E-state index in [0.29, 0.717) is 0 Å². The molecule has 0 aromatic carbocycles. The topological polar surface area (TPSA) is 75.6 Å². The van der Waals surface area contributed by atoms with Crippen LogP contribution in [0.5, 0.6) is 0 Å². The first-order chi connectivity index (χ1) is 7.18. The number of hydrogen-bond donors (Lipinski definition) is 2. The summed E-state index contributed by atoms with van der Waals surface area (Å²) in [6.07, 6.45) is -0.117. The molecule has 0 amide bonds. The molecule has 0 rings (SSSR count). The van der Waals surface area contributed by atoms with Crippen molar-refractivity contribution in [2.75, 3.05) is 25.5 Å². The molecule has 0 fully saturated rings. The van der Waals surface area contributed by atoms with E-state index in [2.05, 4.69) is 0 Å². The maximum Gasteiger partial charge on any atom is 0.283 e. The van der Waals surface area contributed by atoms with Gasteiger partial charge in [0.05, 0.1) is 25.0 Å². The van der Waals surface area contributed by atoms with Crippen molar-refractivity contribution in [1.29, 1.82) is 0 Å². The Balaban J connectivity index is 3.97. The summed E-state index contributed by atoms with van der Waals surface area (Å²) in [4.78, 5) is 0. The number of aliphatic hydroxyl groups is 1. The minimum Gasteiger partial charge on any atom is -0.390 e. The molecule has 0 spiro atoms. The van der Waals surface area contributed by atoms with Gasteiger partial charge in [0.25, 0.3) is 5.92 Å². The molecule has 0 bridgehead atoms. The number of ether oxygens (including phenoxy) is 1. The second kappa shape index (κ2) is 6.43. The standard InChI is InChI=1S/C8H17F2NO4S/c1-7(2)15-3-4-16(13,14)11-5-8(9,10)6-12/h7,11-12H,3-6H2,1-2H3. The maximum atomic E-state index is 12.5. The summed E-state index contributed by atoms with van der Waals surface area (Å²) in [6.45, 7) is 0.920. The number of sulfonamides is 1. The van der Waals surface area contributed by atoms with Crippen molar-refractivity contribution in [3.63, 3.8) is 0 Å². The summed E-state index contributed by atoms with van der Waals surface area (Å²) in [5.41, 5.74) is 0. The number of rotatable bonds is 8. The Morgan fingerprint density at radius 3 is 2.44 bits per heavy atom. The molecule has 98 valence electrons. The second-order valence-corrected chi connectivity index (χ2v) is 5.50. The molecule has 0 aromatic heterocycles. The van der Waals surface area contributed by atoms with Gasteiger partial charge in [-0.15, -0.1) is 0 Å². The van der Waals surface area contributed by atoms with Gasteiger partial charge < -0.3 is 9.84 Å². The van der Waals surface area contributed by atoms with Crippen LogP contribution in [0.2, 0.25) is 0 Å². The van der Waals surface area contributed by atoms with Crippen molar-refractivity contribution < 1.29 is 27.0 Å². The maximum absolute atomic E-state index is 12.5. The highest BCUT2D eigenvalue weighted by Crippen LogP contribution is 2.10. The van der Waals surface area contributed by atoms with Crippen LogP contribution in [0, 0.1) is 0 Å². The second-order valence-electron chi connectivity index (χ2n) is 3.57. The highest BCUT2D eigenvalue weighted by atomic mass is 32.2. The fourth-order valence-electron chi connectivity index (χ4n) is 0.737. The lowest BCUT2D eigenvalue weighted by Crippen LogP contribution is -2.40. The van der Waals surface area contributed by atoms with Crippen LogP contribution in [-0.2, 0) is 14.8 Å². The summed E-state index contributed by atoms with van der Waals surface area (Å²) in [5.74, 6) is -3.82. The largest absolute Gasteiger partial charge is 0.390 e. The highest BCUT2D eigenvalue weighted by molar-refractivity contribution is 7.89. The van der Waals surface area contributed by atoms with Gasteiger partial charge in [0.2, 0.25) is 10.0 Å². The first-order valence-electron chi connectivity index (χ1n) is 4.76. The van der Waals surface area contributed by atoms with Crippen molar-refractivity contribution in [3.8, 4) is 0 Å². The molecule has 0 aliphatic carbocycles. The predicted octanol–water partition coefficient (Wildman–Crippen LogP) is -0.0416. The number of nitrogens with one attached hydrogen (secondary N) is 1. The SMILES string of the molecule is CC(C)OCCS(=O)(=O)NCC(F)(F)CO. The third-order valence-electron chi connectivity index (χ3n) is 1.59. The third kappa shape index (κ3) is 7.91. The average molecular weight is 261 g/mol.